The van der Waals surface area contributed by atoms with E-state index >= 15 is 0 Å². The second kappa shape index (κ2) is 11.3. The minimum Gasteiger partial charge on any atom is -0.481 e. The zero-order chi connectivity index (χ0) is 28.2. The smallest absolute Gasteiger partial charge is 0.421 e. The van der Waals surface area contributed by atoms with E-state index < -0.39 is 28.6 Å². The SMILES string of the molecule is C=CC(=O)Nc1ccccc1Nc1nc(Nc2cc(OC)nc(N3CCSC(O)(O)C3)c2)ncc1C(F)(F)F. The largest absolute Gasteiger partial charge is 0.481 e. The molecule has 2 aromatic heterocycles. The molecule has 0 radical (unpaired) electrons. The lowest BCUT2D eigenvalue weighted by Crippen LogP contribution is -2.46. The fourth-order valence-corrected chi connectivity index (χ4v) is 4.49. The van der Waals surface area contributed by atoms with Crippen molar-refractivity contribution in [3.05, 3.63) is 60.8 Å². The summed E-state index contributed by atoms with van der Waals surface area (Å²) in [5, 5.41) is 26.1. The van der Waals surface area contributed by atoms with E-state index in [1.807, 2.05) is 0 Å². The molecule has 3 aromatic rings. The number of alkyl halides is 3. The van der Waals surface area contributed by atoms with Crippen molar-refractivity contribution >= 4 is 52.3 Å². The summed E-state index contributed by atoms with van der Waals surface area (Å²) in [5.74, 6) is -0.320. The van der Waals surface area contributed by atoms with Crippen LogP contribution in [0, 0.1) is 0 Å². The Balaban J connectivity index is 1.67. The fourth-order valence-electron chi connectivity index (χ4n) is 3.60. The molecule has 0 aliphatic carbocycles. The molecular formula is C24H24F3N7O4S. The van der Waals surface area contributed by atoms with Crippen LogP contribution in [0.4, 0.5) is 47.8 Å². The highest BCUT2D eigenvalue weighted by Crippen LogP contribution is 2.37. The molecular weight excluding hydrogens is 539 g/mol. The van der Waals surface area contributed by atoms with Crippen molar-refractivity contribution in [2.45, 2.75) is 11.3 Å². The molecule has 39 heavy (non-hydrogen) atoms. The summed E-state index contributed by atoms with van der Waals surface area (Å²) in [6, 6.07) is 9.22. The zero-order valence-electron chi connectivity index (χ0n) is 20.5. The van der Waals surface area contributed by atoms with Gasteiger partial charge in [-0.15, -0.1) is 0 Å². The van der Waals surface area contributed by atoms with Crippen molar-refractivity contribution in [3.8, 4) is 5.88 Å². The Labute approximate surface area is 225 Å². The summed E-state index contributed by atoms with van der Waals surface area (Å²) in [6.07, 6.45) is -3.11. The maximum Gasteiger partial charge on any atom is 0.421 e. The number of ether oxygens (including phenoxy) is 1. The van der Waals surface area contributed by atoms with Crippen molar-refractivity contribution in [2.24, 2.45) is 0 Å². The minimum absolute atomic E-state index is 0.121. The molecule has 0 unspecified atom stereocenters. The number of pyridine rings is 1. The Morgan fingerprint density at radius 1 is 1.21 bits per heavy atom. The third-order valence-corrected chi connectivity index (χ3v) is 6.36. The molecule has 5 N–H and O–H groups in total. The zero-order valence-corrected chi connectivity index (χ0v) is 21.3. The number of carbonyl (C=O) groups is 1. The number of β-amino-alcohol motifs (C(OH)–C–C–N with tert-alkyl or cyclic N) is 2. The van der Waals surface area contributed by atoms with Gasteiger partial charge >= 0.3 is 6.18 Å². The Morgan fingerprint density at radius 3 is 2.62 bits per heavy atom. The summed E-state index contributed by atoms with van der Waals surface area (Å²) in [5.41, 5.74) is -0.411. The van der Waals surface area contributed by atoms with Crippen molar-refractivity contribution in [1.82, 2.24) is 15.0 Å². The van der Waals surface area contributed by atoms with E-state index in [0.29, 0.717) is 30.0 Å². The quantitative estimate of drug-likeness (QED) is 0.202. The number of anilines is 6. The molecule has 3 heterocycles. The van der Waals surface area contributed by atoms with E-state index in [2.05, 4.69) is 37.5 Å². The van der Waals surface area contributed by atoms with Crippen molar-refractivity contribution in [3.63, 3.8) is 0 Å². The highest BCUT2D eigenvalue weighted by Gasteiger charge is 2.36. The number of aromatic nitrogens is 3. The van der Waals surface area contributed by atoms with Crippen LogP contribution in [0.15, 0.2) is 55.3 Å². The third-order valence-electron chi connectivity index (χ3n) is 5.39. The summed E-state index contributed by atoms with van der Waals surface area (Å²) in [6.45, 7) is 3.72. The molecule has 0 atom stereocenters. The molecule has 4 rings (SSSR count). The van der Waals surface area contributed by atoms with E-state index in [0.717, 1.165) is 17.8 Å². The molecule has 15 heteroatoms. The number of hydrogen-bond donors (Lipinski definition) is 5. The number of hydrogen-bond acceptors (Lipinski definition) is 11. The van der Waals surface area contributed by atoms with E-state index in [9.17, 15) is 28.2 Å². The van der Waals surface area contributed by atoms with Gasteiger partial charge in [-0.25, -0.2) is 4.98 Å². The number of amides is 1. The number of thioether (sulfide) groups is 1. The molecule has 206 valence electrons. The van der Waals surface area contributed by atoms with E-state index in [1.54, 1.807) is 23.1 Å². The molecule has 0 saturated carbocycles. The Kier molecular flexibility index (Phi) is 8.13. The lowest BCUT2D eigenvalue weighted by molar-refractivity contribution is -0.137. The number of aliphatic hydroxyl groups is 2. The van der Waals surface area contributed by atoms with Gasteiger partial charge in [0.15, 0.2) is 0 Å². The Bertz CT molecular complexity index is 1370. The monoisotopic (exact) mass is 563 g/mol. The summed E-state index contributed by atoms with van der Waals surface area (Å²) in [7, 11) is 1.39. The van der Waals surface area contributed by atoms with Crippen LogP contribution in [-0.2, 0) is 11.0 Å². The molecule has 0 bridgehead atoms. The summed E-state index contributed by atoms with van der Waals surface area (Å²) >= 11 is 0.994. The first kappa shape index (κ1) is 27.9. The number of para-hydroxylation sites is 2. The lowest BCUT2D eigenvalue weighted by atomic mass is 10.2. The average Bonchev–Trinajstić information content (AvgIpc) is 2.88. The van der Waals surface area contributed by atoms with Gasteiger partial charge < -0.3 is 35.8 Å². The second-order valence-corrected chi connectivity index (χ2v) is 9.56. The Morgan fingerprint density at radius 2 is 1.95 bits per heavy atom. The molecule has 1 fully saturated rings. The van der Waals surface area contributed by atoms with Gasteiger partial charge in [0.1, 0.15) is 17.2 Å². The first-order valence-electron chi connectivity index (χ1n) is 11.4. The standard InChI is InChI=1S/C24H24F3N7O4S/c1-3-19(35)30-16-6-4-5-7-17(16)31-21-15(24(25,26)27)12-28-22(33-21)29-14-10-18(32-20(11-14)38-2)34-8-9-39-23(36,37)13-34/h3-7,10-12,36-37H,1,8-9,13H2,2H3,(H,30,35)(H2,28,29,31,32,33). The predicted molar refractivity (Wildman–Crippen MR) is 141 cm³/mol. The third kappa shape index (κ3) is 7.07. The van der Waals surface area contributed by atoms with Gasteiger partial charge in [0.2, 0.25) is 22.9 Å². The van der Waals surface area contributed by atoms with Crippen LogP contribution in [0.2, 0.25) is 0 Å². The Hall–Kier alpha value is -4.08. The molecule has 1 aliphatic heterocycles. The number of rotatable bonds is 8. The summed E-state index contributed by atoms with van der Waals surface area (Å²) < 4.78 is 46.6. The summed E-state index contributed by atoms with van der Waals surface area (Å²) in [4.78, 5) is 25.6. The molecule has 1 aromatic carbocycles. The fraction of sp³-hybridized carbons (Fsp3) is 0.250. The molecule has 11 nitrogen and oxygen atoms in total. The van der Waals surface area contributed by atoms with E-state index in [1.165, 1.54) is 25.3 Å². The predicted octanol–water partition coefficient (Wildman–Crippen LogP) is 3.70. The van der Waals surface area contributed by atoms with Crippen LogP contribution in [0.5, 0.6) is 5.88 Å². The van der Waals surface area contributed by atoms with Crippen molar-refractivity contribution < 1.29 is 32.9 Å². The maximum absolute atomic E-state index is 13.8. The van der Waals surface area contributed by atoms with Gasteiger partial charge in [-0.3, -0.25) is 4.79 Å². The normalized spacial score (nSPS) is 14.9. The highest BCUT2D eigenvalue weighted by atomic mass is 32.2. The first-order chi connectivity index (χ1) is 18.5. The van der Waals surface area contributed by atoms with Crippen molar-refractivity contribution in [1.29, 1.82) is 0 Å². The van der Waals surface area contributed by atoms with Gasteiger partial charge in [-0.05, 0) is 18.2 Å². The highest BCUT2D eigenvalue weighted by molar-refractivity contribution is 8.00. The van der Waals surface area contributed by atoms with Crippen LogP contribution in [-0.4, -0.2) is 62.1 Å². The van der Waals surface area contributed by atoms with Gasteiger partial charge in [0.05, 0.1) is 25.0 Å². The van der Waals surface area contributed by atoms with Gasteiger partial charge in [-0.2, -0.15) is 23.1 Å². The van der Waals surface area contributed by atoms with Crippen LogP contribution < -0.4 is 25.6 Å². The topological polar surface area (TPSA) is 145 Å². The van der Waals surface area contributed by atoms with E-state index in [4.69, 9.17) is 4.74 Å². The van der Waals surface area contributed by atoms with Crippen LogP contribution in [0.1, 0.15) is 5.56 Å². The van der Waals surface area contributed by atoms with Crippen molar-refractivity contribution in [2.75, 3.05) is 46.8 Å². The molecule has 1 saturated heterocycles. The number of benzene rings is 1. The van der Waals surface area contributed by atoms with Gasteiger partial charge in [-0.1, -0.05) is 30.5 Å². The minimum atomic E-state index is -4.78. The van der Waals surface area contributed by atoms with Crippen LogP contribution >= 0.6 is 11.8 Å². The molecule has 0 spiro atoms. The molecule has 1 amide bonds. The van der Waals surface area contributed by atoms with E-state index in [-0.39, 0.29) is 29.7 Å². The number of nitrogens with one attached hydrogen (secondary N) is 3. The number of halogens is 3. The molecule has 1 aliphatic rings. The second-order valence-electron chi connectivity index (χ2n) is 8.21. The lowest BCUT2D eigenvalue weighted by Gasteiger charge is -2.35. The van der Waals surface area contributed by atoms with Crippen LogP contribution in [0.3, 0.4) is 0 Å². The number of nitrogens with zero attached hydrogens (tertiary/aromatic N) is 4. The number of carbonyl (C=O) groups excluding carboxylic acids is 1. The number of methoxy groups -OCH3 is 1. The van der Waals surface area contributed by atoms with Gasteiger partial charge in [0, 0.05) is 36.3 Å². The average molecular weight is 564 g/mol. The van der Waals surface area contributed by atoms with Gasteiger partial charge in [0.25, 0.3) is 0 Å². The maximum atomic E-state index is 13.8. The van der Waals surface area contributed by atoms with Crippen LogP contribution in [0.25, 0.3) is 0 Å². The first-order valence-corrected chi connectivity index (χ1v) is 12.4.